The van der Waals surface area contributed by atoms with Crippen LogP contribution in [0.15, 0.2) is 156 Å². The van der Waals surface area contributed by atoms with E-state index in [9.17, 15) is 0 Å². The number of hydrogen-bond donors (Lipinski definition) is 0. The molecule has 0 amide bonds. The number of hydrogen-bond acceptors (Lipinski definition) is 4. The lowest BCUT2D eigenvalue weighted by Gasteiger charge is -2.10. The van der Waals surface area contributed by atoms with E-state index < -0.39 is 0 Å². The topological polar surface area (TPSA) is 51.8 Å². The van der Waals surface area contributed by atoms with E-state index in [4.69, 9.17) is 19.4 Å². The van der Waals surface area contributed by atoms with Gasteiger partial charge in [-0.15, -0.1) is 0 Å². The summed E-state index contributed by atoms with van der Waals surface area (Å²) in [6.07, 6.45) is 0. The molecule has 0 aliphatic rings. The van der Waals surface area contributed by atoms with Crippen LogP contribution in [0.3, 0.4) is 0 Å². The largest absolute Gasteiger partial charge is 0.455 e. The van der Waals surface area contributed by atoms with Crippen molar-refractivity contribution in [2.75, 3.05) is 0 Å². The van der Waals surface area contributed by atoms with E-state index in [2.05, 4.69) is 103 Å². The fourth-order valence-electron chi connectivity index (χ4n) is 6.18. The molecule has 2 heterocycles. The van der Waals surface area contributed by atoms with Gasteiger partial charge in [0.25, 0.3) is 0 Å². The first-order valence-corrected chi connectivity index (χ1v) is 15.0. The van der Waals surface area contributed by atoms with Crippen LogP contribution in [0.5, 0.6) is 0 Å². The lowest BCUT2D eigenvalue weighted by molar-refractivity contribution is 0.672. The summed E-state index contributed by atoms with van der Waals surface area (Å²) in [5.41, 5.74) is 6.92. The van der Waals surface area contributed by atoms with E-state index >= 15 is 0 Å². The van der Waals surface area contributed by atoms with Gasteiger partial charge in [0, 0.05) is 32.8 Å². The Hall–Kier alpha value is -6.13. The van der Waals surface area contributed by atoms with Gasteiger partial charge in [0.15, 0.2) is 17.5 Å². The Balaban J connectivity index is 1.15. The van der Waals surface area contributed by atoms with Crippen molar-refractivity contribution in [1.82, 2.24) is 15.0 Å². The van der Waals surface area contributed by atoms with E-state index in [-0.39, 0.29) is 0 Å². The quantitative estimate of drug-likeness (QED) is 0.209. The molecule has 0 N–H and O–H groups in total. The van der Waals surface area contributed by atoms with Crippen LogP contribution in [0.4, 0.5) is 0 Å². The minimum atomic E-state index is 0.629. The fourth-order valence-corrected chi connectivity index (χ4v) is 6.18. The molecule has 0 bridgehead atoms. The Morgan fingerprint density at radius 3 is 1.71 bits per heavy atom. The van der Waals surface area contributed by atoms with Gasteiger partial charge in [-0.2, -0.15) is 0 Å². The summed E-state index contributed by atoms with van der Waals surface area (Å²) in [5.74, 6) is 1.91. The molecule has 0 spiro atoms. The van der Waals surface area contributed by atoms with Gasteiger partial charge < -0.3 is 4.42 Å². The van der Waals surface area contributed by atoms with Crippen LogP contribution >= 0.6 is 0 Å². The molecule has 0 radical (unpaired) electrons. The molecule has 0 aliphatic carbocycles. The zero-order valence-corrected chi connectivity index (χ0v) is 24.2. The molecule has 4 heteroatoms. The van der Waals surface area contributed by atoms with E-state index in [1.165, 1.54) is 16.3 Å². The highest BCUT2D eigenvalue weighted by Crippen LogP contribution is 2.36. The highest BCUT2D eigenvalue weighted by atomic mass is 16.3. The second-order valence-electron chi connectivity index (χ2n) is 11.3. The molecule has 0 fully saturated rings. The van der Waals surface area contributed by atoms with Crippen LogP contribution in [0.1, 0.15) is 0 Å². The monoisotopic (exact) mass is 575 g/mol. The van der Waals surface area contributed by atoms with Gasteiger partial charge in [0.2, 0.25) is 0 Å². The highest BCUT2D eigenvalue weighted by Gasteiger charge is 2.15. The molecule has 9 aromatic rings. The Kier molecular flexibility index (Phi) is 5.78. The van der Waals surface area contributed by atoms with Crippen molar-refractivity contribution in [3.63, 3.8) is 0 Å². The third-order valence-electron chi connectivity index (χ3n) is 8.51. The Bertz CT molecular complexity index is 2530. The second-order valence-corrected chi connectivity index (χ2v) is 11.3. The summed E-state index contributed by atoms with van der Waals surface area (Å²) >= 11 is 0. The normalized spacial score (nSPS) is 11.6. The molecule has 0 saturated heterocycles. The van der Waals surface area contributed by atoms with Gasteiger partial charge in [-0.1, -0.05) is 121 Å². The zero-order chi connectivity index (χ0) is 29.7. The average molecular weight is 576 g/mol. The van der Waals surface area contributed by atoms with Gasteiger partial charge in [0.05, 0.1) is 0 Å². The summed E-state index contributed by atoms with van der Waals surface area (Å²) in [6, 6.07) is 52.3. The number of nitrogens with zero attached hydrogens (tertiary/aromatic N) is 3. The molecule has 0 unspecified atom stereocenters. The first-order chi connectivity index (χ1) is 22.3. The lowest BCUT2D eigenvalue weighted by atomic mass is 10.00. The number of aromatic nitrogens is 3. The third-order valence-corrected chi connectivity index (χ3v) is 8.51. The van der Waals surface area contributed by atoms with Crippen molar-refractivity contribution in [3.8, 4) is 45.3 Å². The lowest BCUT2D eigenvalue weighted by Crippen LogP contribution is -2.00. The summed E-state index contributed by atoms with van der Waals surface area (Å²) in [4.78, 5) is 14.9. The van der Waals surface area contributed by atoms with Gasteiger partial charge in [-0.3, -0.25) is 0 Å². The number of furan rings is 1. The van der Waals surface area contributed by atoms with Gasteiger partial charge >= 0.3 is 0 Å². The molecule has 210 valence electrons. The molecule has 0 aliphatic heterocycles. The maximum absolute atomic E-state index is 6.29. The minimum Gasteiger partial charge on any atom is -0.455 e. The first kappa shape index (κ1) is 25.4. The van der Waals surface area contributed by atoms with Crippen LogP contribution in [0.2, 0.25) is 0 Å². The van der Waals surface area contributed by atoms with Crippen molar-refractivity contribution in [3.05, 3.63) is 152 Å². The van der Waals surface area contributed by atoms with Crippen molar-refractivity contribution >= 4 is 43.5 Å². The smallest absolute Gasteiger partial charge is 0.164 e. The van der Waals surface area contributed by atoms with E-state index in [0.717, 1.165) is 55.0 Å². The molecular formula is C41H25N3O. The molecular weight excluding hydrogens is 550 g/mol. The summed E-state index contributed by atoms with van der Waals surface area (Å²) in [7, 11) is 0. The van der Waals surface area contributed by atoms with Gasteiger partial charge in [-0.05, 0) is 57.6 Å². The predicted molar refractivity (Wildman–Crippen MR) is 184 cm³/mol. The van der Waals surface area contributed by atoms with Crippen LogP contribution in [0.25, 0.3) is 88.8 Å². The Morgan fingerprint density at radius 2 is 0.889 bits per heavy atom. The van der Waals surface area contributed by atoms with E-state index in [0.29, 0.717) is 17.5 Å². The number of fused-ring (bicyclic) bond motifs is 6. The number of para-hydroxylation sites is 1. The molecule has 2 aromatic heterocycles. The van der Waals surface area contributed by atoms with Crippen LogP contribution < -0.4 is 0 Å². The van der Waals surface area contributed by atoms with E-state index in [1.807, 2.05) is 48.5 Å². The Morgan fingerprint density at radius 1 is 0.333 bits per heavy atom. The van der Waals surface area contributed by atoms with Crippen molar-refractivity contribution in [2.45, 2.75) is 0 Å². The first-order valence-electron chi connectivity index (χ1n) is 15.0. The summed E-state index contributed by atoms with van der Waals surface area (Å²) in [5, 5.41) is 6.84. The van der Waals surface area contributed by atoms with Gasteiger partial charge in [0.1, 0.15) is 11.2 Å². The van der Waals surface area contributed by atoms with Gasteiger partial charge in [-0.25, -0.2) is 15.0 Å². The van der Waals surface area contributed by atoms with Crippen molar-refractivity contribution in [1.29, 1.82) is 0 Å². The van der Waals surface area contributed by atoms with Crippen molar-refractivity contribution < 1.29 is 4.42 Å². The molecule has 7 aromatic carbocycles. The van der Waals surface area contributed by atoms with Crippen LogP contribution in [0, 0.1) is 0 Å². The SMILES string of the molecule is c1ccc(-c2nc(-c3ccc(-c4ccc5ccccc5c4)cc3)nc(-c3ccc4c(ccc5c6ccccc6oc45)c3)n2)cc1. The standard InChI is InChI=1S/C41H25N3O/c1-2-9-28(10-3-1)39-42-40(29-17-14-27(15-18-29)31-19-16-26-8-4-5-11-30(26)24-31)44-41(43-39)33-21-22-34-32(25-33)20-23-36-35-12-6-7-13-37(35)45-38(34)36/h1-25H. The third kappa shape index (κ3) is 4.43. The zero-order valence-electron chi connectivity index (χ0n) is 24.2. The highest BCUT2D eigenvalue weighted by molar-refractivity contribution is 6.15. The molecule has 45 heavy (non-hydrogen) atoms. The predicted octanol–water partition coefficient (Wildman–Crippen LogP) is 10.7. The average Bonchev–Trinajstić information content (AvgIpc) is 3.51. The number of rotatable bonds is 4. The molecule has 0 saturated carbocycles. The summed E-state index contributed by atoms with van der Waals surface area (Å²) in [6.45, 7) is 0. The molecule has 4 nitrogen and oxygen atoms in total. The minimum absolute atomic E-state index is 0.629. The van der Waals surface area contributed by atoms with Crippen molar-refractivity contribution in [2.24, 2.45) is 0 Å². The molecule has 9 rings (SSSR count). The second kappa shape index (κ2) is 10.2. The maximum atomic E-state index is 6.29. The maximum Gasteiger partial charge on any atom is 0.164 e. The Labute approximate surface area is 259 Å². The van der Waals surface area contributed by atoms with E-state index in [1.54, 1.807) is 0 Å². The van der Waals surface area contributed by atoms with Crippen LogP contribution in [-0.4, -0.2) is 15.0 Å². The summed E-state index contributed by atoms with van der Waals surface area (Å²) < 4.78 is 6.29. The van der Waals surface area contributed by atoms with Crippen LogP contribution in [-0.2, 0) is 0 Å². The molecule has 0 atom stereocenters. The number of benzene rings is 7. The fraction of sp³-hybridized carbons (Fsp3) is 0.